The first kappa shape index (κ1) is 73.0. The van der Waals surface area contributed by atoms with Gasteiger partial charge in [0, 0.05) is 30.9 Å². The molecule has 0 aliphatic carbocycles. The lowest BCUT2D eigenvalue weighted by atomic mass is 9.95. The summed E-state index contributed by atoms with van der Waals surface area (Å²) in [5, 5.41) is 64.4. The van der Waals surface area contributed by atoms with Crippen LogP contribution in [0.2, 0.25) is 0 Å². The van der Waals surface area contributed by atoms with Crippen molar-refractivity contribution < 1.29 is 74.7 Å². The smallest absolute Gasteiger partial charge is 0.326 e. The molecule has 4 rings (SSSR count). The monoisotopic (exact) mass is 1260 g/mol. The van der Waals surface area contributed by atoms with Crippen molar-refractivity contribution in [2.45, 2.75) is 185 Å². The molecule has 9 amide bonds. The van der Waals surface area contributed by atoms with E-state index < -0.39 is 151 Å². The van der Waals surface area contributed by atoms with Crippen LogP contribution in [0, 0.1) is 11.8 Å². The van der Waals surface area contributed by atoms with Gasteiger partial charge in [-0.3, -0.25) is 48.5 Å². The molecule has 32 heteroatoms. The molecule has 1 aromatic heterocycles. The second-order valence-corrected chi connectivity index (χ2v) is 24.7. The Kier molecular flexibility index (Phi) is 30.8. The van der Waals surface area contributed by atoms with Gasteiger partial charge in [0.2, 0.25) is 47.3 Å². The van der Waals surface area contributed by atoms with E-state index in [0.29, 0.717) is 57.2 Å². The summed E-state index contributed by atoms with van der Waals surface area (Å²) in [5.74, 6) is -10.2. The number of nitrogens with two attached hydrogens (primary N) is 2. The summed E-state index contributed by atoms with van der Waals surface area (Å²) in [7, 11) is 1.91. The van der Waals surface area contributed by atoms with Crippen LogP contribution in [0.5, 0.6) is 0 Å². The van der Waals surface area contributed by atoms with Gasteiger partial charge in [0.15, 0.2) is 6.04 Å². The highest BCUT2D eigenvalue weighted by Gasteiger charge is 2.42. The Hall–Kier alpha value is -6.52. The summed E-state index contributed by atoms with van der Waals surface area (Å²) < 4.78 is 1.32. The summed E-state index contributed by atoms with van der Waals surface area (Å²) in [6.07, 6.45) is 1.74. The molecule has 2 aromatic rings. The van der Waals surface area contributed by atoms with Gasteiger partial charge in [-0.15, -0.1) is 5.10 Å². The molecule has 0 bridgehead atoms. The average molecular weight is 1260 g/mol. The van der Waals surface area contributed by atoms with Crippen LogP contribution in [0.4, 0.5) is 0 Å². The molecule has 2 aliphatic rings. The van der Waals surface area contributed by atoms with Gasteiger partial charge in [-0.2, -0.15) is 0 Å². The first-order valence-electron chi connectivity index (χ1n) is 29.7. The topological polar surface area (TPSA) is 481 Å². The Morgan fingerprint density at radius 3 is 2.06 bits per heavy atom. The minimum Gasteiger partial charge on any atom is -0.480 e. The van der Waals surface area contributed by atoms with E-state index in [1.807, 2.05) is 13.8 Å². The van der Waals surface area contributed by atoms with Crippen molar-refractivity contribution >= 4 is 80.7 Å². The van der Waals surface area contributed by atoms with Gasteiger partial charge in [0.05, 0.1) is 37.2 Å². The zero-order chi connectivity index (χ0) is 64.5. The van der Waals surface area contributed by atoms with Crippen LogP contribution < -0.4 is 70.8 Å². The van der Waals surface area contributed by atoms with Crippen molar-refractivity contribution in [3.63, 3.8) is 0 Å². The Morgan fingerprint density at radius 1 is 0.805 bits per heavy atom. The molecular weight excluding hydrogens is 1170 g/mol. The summed E-state index contributed by atoms with van der Waals surface area (Å²) in [6, 6.07) is -5.96. The number of carboxylic acid groups (broad SMARTS) is 1. The number of quaternary nitrogens is 2. The Morgan fingerprint density at radius 2 is 1.43 bits per heavy atom. The molecule has 22 N–H and O–H groups in total. The van der Waals surface area contributed by atoms with Crippen LogP contribution in [0.15, 0.2) is 36.5 Å². The van der Waals surface area contributed by atoms with Crippen LogP contribution in [0.1, 0.15) is 123 Å². The van der Waals surface area contributed by atoms with E-state index in [1.54, 1.807) is 51.1 Å². The van der Waals surface area contributed by atoms with Crippen LogP contribution in [-0.2, 0) is 54.4 Å². The number of aliphatic carboxylic acids is 1. The normalized spacial score (nSPS) is 25.4. The fourth-order valence-corrected chi connectivity index (χ4v) is 12.1. The zero-order valence-corrected chi connectivity index (χ0v) is 52.2. The van der Waals surface area contributed by atoms with Crippen LogP contribution >= 0.6 is 21.6 Å². The predicted octanol–water partition coefficient (Wildman–Crippen LogP) is -4.84. The first-order valence-corrected chi connectivity index (χ1v) is 32.2. The number of hydrogen-bond acceptors (Lipinski definition) is 19. The molecule has 2 aliphatic heterocycles. The minimum atomic E-state index is -1.76. The molecule has 87 heavy (non-hydrogen) atoms. The van der Waals surface area contributed by atoms with E-state index in [9.17, 15) is 63.3 Å². The number of nitrogens with one attached hydrogen (secondary N) is 9. The third-order valence-corrected chi connectivity index (χ3v) is 17.9. The van der Waals surface area contributed by atoms with Crippen molar-refractivity contribution in [2.75, 3.05) is 37.7 Å². The largest absolute Gasteiger partial charge is 0.480 e. The second kappa shape index (κ2) is 36.7. The Balaban J connectivity index is 1.83. The number of aliphatic hydroxyl groups excluding tert-OH is 2. The van der Waals surface area contributed by atoms with Gasteiger partial charge in [-0.25, -0.2) is 9.48 Å². The lowest BCUT2D eigenvalue weighted by molar-refractivity contribution is -0.405. The number of amides is 9. The van der Waals surface area contributed by atoms with Gasteiger partial charge < -0.3 is 85.7 Å². The molecule has 0 radical (unpaired) electrons. The number of rotatable bonds is 22. The standard InChI is InChI=1S/C55H91N17O13S2/c1-7-29(3)42-41-25-61-70-72(41)31(5)53(83)71-23-15-20-40(71)50(80)68-43(30(4)8-2)51(81)66-38(48(78)63-36(54(84)85)24-33-16-10-9-11-17-33)27-86-87-28-39(65-45(75)34(57)18-14-22-60-55(58)59)49(79)69-44(32(6)74)52(82)62-35(19-12-13-21-56)46(76)64-37(26-73)47(77)67-42/h9-11,16-17,25,29-32,34-40,42-44,55,60,73-74H,7-8,12-15,18-24,26-28,56-59H2,1-6H3,(H,62,82)(H,63,78)(H,64,76)(H,65,75)(H,66,81)(H,67,77)(H,68,80)(H,69,79)(H,84,85)/p+2/t29-,30-,31-,32+,34-,35-,36-,37-,38-,39-,40-,42-,43-,44-/m0/s1. The predicted molar refractivity (Wildman–Crippen MR) is 322 cm³/mol. The quantitative estimate of drug-likeness (QED) is 0.0299. The van der Waals surface area contributed by atoms with Crippen LogP contribution in [0.3, 0.4) is 0 Å². The number of aliphatic hydroxyl groups is 2. The van der Waals surface area contributed by atoms with Crippen molar-refractivity contribution in [2.24, 2.45) is 23.3 Å². The van der Waals surface area contributed by atoms with Crippen molar-refractivity contribution in [1.82, 2.24) is 67.7 Å². The fourth-order valence-electron chi connectivity index (χ4n) is 9.77. The van der Waals surface area contributed by atoms with Crippen molar-refractivity contribution in [3.05, 3.63) is 47.8 Å². The lowest BCUT2D eigenvalue weighted by Crippen LogP contribution is -2.69. The molecule has 0 saturated carbocycles. The van der Waals surface area contributed by atoms with E-state index in [-0.39, 0.29) is 55.3 Å². The highest BCUT2D eigenvalue weighted by Crippen LogP contribution is 2.29. The summed E-state index contributed by atoms with van der Waals surface area (Å²) >= 11 is 0. The van der Waals surface area contributed by atoms with Gasteiger partial charge in [-0.05, 0) is 76.3 Å². The van der Waals surface area contributed by atoms with Crippen molar-refractivity contribution in [1.29, 1.82) is 0 Å². The third-order valence-electron chi connectivity index (χ3n) is 15.5. The summed E-state index contributed by atoms with van der Waals surface area (Å²) in [4.78, 5) is 143. The van der Waals surface area contributed by atoms with E-state index >= 15 is 0 Å². The minimum absolute atomic E-state index is 0.00887. The molecule has 3 heterocycles. The molecule has 30 nitrogen and oxygen atoms in total. The van der Waals surface area contributed by atoms with E-state index in [2.05, 4.69) is 69.6 Å². The SMILES string of the molecule is CC[C@H](C)[C@@H]1NC(=O)[C@@H]2CCCN2C(=O)[C@H](C)n2nncc2[C@H]([C@@H](C)CC)NC(=O)[C@H](CO)NC(=O)[C@H](CCCC[NH3+])NC(=O)[C@H]([C@@H](C)O)NC(=O)[C@@H](NC(=O)[C@@H]([NH3+])CCCNC(N)N)CSSC[C@@H](C(=O)N[C@@H](Cc2ccccc2)C(=O)O)NC1=O. The Labute approximate surface area is 514 Å². The van der Waals surface area contributed by atoms with Crippen LogP contribution in [-0.4, -0.2) is 199 Å². The van der Waals surface area contributed by atoms with E-state index in [1.165, 1.54) is 22.7 Å². The van der Waals surface area contributed by atoms with E-state index in [4.69, 9.17) is 11.5 Å². The zero-order valence-electron chi connectivity index (χ0n) is 50.5. The Bertz CT molecular complexity index is 2610. The van der Waals surface area contributed by atoms with Crippen LogP contribution in [0.25, 0.3) is 0 Å². The summed E-state index contributed by atoms with van der Waals surface area (Å²) in [5.41, 5.74) is 19.9. The van der Waals surface area contributed by atoms with Crippen molar-refractivity contribution in [3.8, 4) is 0 Å². The first-order chi connectivity index (χ1) is 41.4. The number of aromatic nitrogens is 3. The molecule has 1 saturated heterocycles. The van der Waals surface area contributed by atoms with Gasteiger partial charge in [0.25, 0.3) is 5.91 Å². The average Bonchev–Trinajstić information content (AvgIpc) is 3.75. The highest BCUT2D eigenvalue weighted by molar-refractivity contribution is 8.76. The number of carbonyl (C=O) groups excluding carboxylic acids is 9. The molecule has 1 aromatic carbocycles. The number of carbonyl (C=O) groups is 10. The van der Waals surface area contributed by atoms with Gasteiger partial charge in [0.1, 0.15) is 60.7 Å². The number of benzene rings is 1. The molecule has 1 fully saturated rings. The molecule has 0 spiro atoms. The number of unbranched alkanes of at least 4 members (excludes halogenated alkanes) is 1. The number of carboxylic acids is 1. The molecular formula is C55H93N17O13S2+2. The maximum Gasteiger partial charge on any atom is 0.326 e. The van der Waals surface area contributed by atoms with Gasteiger partial charge >= 0.3 is 5.97 Å². The number of fused-ring (bicyclic) bond motifs is 2. The second-order valence-electron chi connectivity index (χ2n) is 22.2. The molecule has 0 unspecified atom stereocenters. The molecule has 486 valence electrons. The molecule has 14 atom stereocenters. The highest BCUT2D eigenvalue weighted by atomic mass is 33.1. The number of hydrogen-bond donors (Lipinski definition) is 16. The summed E-state index contributed by atoms with van der Waals surface area (Å²) in [6.45, 7) is 10.0. The van der Waals surface area contributed by atoms with Gasteiger partial charge in [-0.1, -0.05) is 97.7 Å². The third kappa shape index (κ3) is 22.2. The fraction of sp³-hybridized carbons (Fsp3) is 0.673. The number of nitrogens with zero attached hydrogens (tertiary/aromatic N) is 4. The van der Waals surface area contributed by atoms with E-state index in [0.717, 1.165) is 21.6 Å². The maximum absolute atomic E-state index is 14.6. The maximum atomic E-state index is 14.6. The lowest BCUT2D eigenvalue weighted by Gasteiger charge is -2.32.